The van der Waals surface area contributed by atoms with E-state index in [0.717, 1.165) is 12.1 Å². The highest BCUT2D eigenvalue weighted by molar-refractivity contribution is 7.86. The van der Waals surface area contributed by atoms with Gasteiger partial charge in [-0.05, 0) is 30.3 Å². The number of benzene rings is 2. The van der Waals surface area contributed by atoms with Crippen molar-refractivity contribution in [3.8, 4) is 5.75 Å². The summed E-state index contributed by atoms with van der Waals surface area (Å²) in [5.74, 6) is -0.421. The number of hydrogen-bond donors (Lipinski definition) is 1. The van der Waals surface area contributed by atoms with Crippen LogP contribution in [0.2, 0.25) is 0 Å². The number of nitrogens with zero attached hydrogens (tertiary/aromatic N) is 1. The van der Waals surface area contributed by atoms with Gasteiger partial charge in [0.1, 0.15) is 5.75 Å². The van der Waals surface area contributed by atoms with Crippen molar-refractivity contribution in [3.05, 3.63) is 58.6 Å². The Morgan fingerprint density at radius 1 is 1.21 bits per heavy atom. The Kier molecular flexibility index (Phi) is 5.09. The normalized spacial score (nSPS) is 10.9. The van der Waals surface area contributed by atoms with Gasteiger partial charge in [0.05, 0.1) is 15.9 Å². The molecule has 0 aliphatic carbocycles. The number of non-ortho nitro benzene ring substituents is 1. The fourth-order valence-electron chi connectivity index (χ4n) is 1.73. The van der Waals surface area contributed by atoms with Gasteiger partial charge in [0.25, 0.3) is 11.6 Å². The third-order valence-corrected chi connectivity index (χ3v) is 3.65. The Labute approximate surface area is 136 Å². The van der Waals surface area contributed by atoms with Crippen molar-refractivity contribution in [2.45, 2.75) is 4.90 Å². The van der Waals surface area contributed by atoms with Gasteiger partial charge >= 0.3 is 10.2 Å². The Morgan fingerprint density at radius 2 is 1.88 bits per heavy atom. The lowest BCUT2D eigenvalue weighted by Gasteiger charge is -2.07. The number of rotatable bonds is 6. The van der Waals surface area contributed by atoms with Crippen LogP contribution in [-0.4, -0.2) is 25.9 Å². The monoisotopic (exact) mass is 354 g/mol. The zero-order valence-electron chi connectivity index (χ0n) is 12.0. The third kappa shape index (κ3) is 4.74. The maximum atomic E-state index is 12.7. The second-order valence-electron chi connectivity index (χ2n) is 4.55. The fourth-order valence-corrected chi connectivity index (χ4v) is 2.19. The van der Waals surface area contributed by atoms with Gasteiger partial charge in [-0.2, -0.15) is 8.42 Å². The first-order valence-corrected chi connectivity index (χ1v) is 7.86. The highest BCUT2D eigenvalue weighted by atomic mass is 32.3. The lowest BCUT2D eigenvalue weighted by atomic mass is 10.3. The number of amides is 1. The van der Waals surface area contributed by atoms with Crippen molar-refractivity contribution >= 4 is 27.5 Å². The summed E-state index contributed by atoms with van der Waals surface area (Å²) < 4.78 is 39.2. The predicted octanol–water partition coefficient (Wildman–Crippen LogP) is 2.27. The van der Waals surface area contributed by atoms with E-state index in [1.165, 1.54) is 36.4 Å². The van der Waals surface area contributed by atoms with Gasteiger partial charge < -0.3 is 10.1 Å². The molecule has 0 heterocycles. The van der Waals surface area contributed by atoms with Gasteiger partial charge in [-0.25, -0.2) is 0 Å². The van der Waals surface area contributed by atoms with Crippen LogP contribution in [0.1, 0.15) is 0 Å². The topological polar surface area (TPSA) is 116 Å². The highest BCUT2D eigenvalue weighted by Crippen LogP contribution is 2.19. The number of nitrogens with one attached hydrogen (secondary N) is 1. The molecule has 24 heavy (non-hydrogen) atoms. The summed E-state index contributed by atoms with van der Waals surface area (Å²) in [4.78, 5) is 21.2. The molecule has 0 spiro atoms. The zero-order chi connectivity index (χ0) is 17.7. The summed E-state index contributed by atoms with van der Waals surface area (Å²) >= 11 is 0. The SMILES string of the molecule is O=C(COc1cccc([N+](=O)[O-])c1)Nc1ccc(S(=O)(=O)F)cc1. The Morgan fingerprint density at radius 3 is 2.46 bits per heavy atom. The summed E-state index contributed by atoms with van der Waals surface area (Å²) in [6.45, 7) is -0.412. The molecule has 0 aromatic heterocycles. The van der Waals surface area contributed by atoms with E-state index in [4.69, 9.17) is 4.74 Å². The number of halogens is 1. The van der Waals surface area contributed by atoms with E-state index in [2.05, 4.69) is 5.32 Å². The van der Waals surface area contributed by atoms with Crippen LogP contribution in [0.3, 0.4) is 0 Å². The second kappa shape index (κ2) is 7.04. The molecule has 2 aromatic rings. The van der Waals surface area contributed by atoms with Gasteiger partial charge in [-0.15, -0.1) is 3.89 Å². The molecule has 0 radical (unpaired) electrons. The minimum Gasteiger partial charge on any atom is -0.484 e. The van der Waals surface area contributed by atoms with E-state index in [-0.39, 0.29) is 17.1 Å². The molecule has 1 N–H and O–H groups in total. The standard InChI is InChI=1S/C14H11FN2O6S/c15-24(21,22)13-6-4-10(5-7-13)16-14(18)9-23-12-3-1-2-11(8-12)17(19)20/h1-8H,9H2,(H,16,18). The summed E-state index contributed by atoms with van der Waals surface area (Å²) in [5, 5.41) is 13.0. The maximum Gasteiger partial charge on any atom is 0.332 e. The van der Waals surface area contributed by atoms with Gasteiger partial charge in [0.15, 0.2) is 6.61 Å². The van der Waals surface area contributed by atoms with Crippen LogP contribution in [0.5, 0.6) is 5.75 Å². The molecule has 0 bridgehead atoms. The molecule has 0 saturated carbocycles. The van der Waals surface area contributed by atoms with E-state index < -0.39 is 32.6 Å². The van der Waals surface area contributed by atoms with E-state index in [0.29, 0.717) is 0 Å². The minimum atomic E-state index is -4.80. The van der Waals surface area contributed by atoms with Crippen molar-refractivity contribution in [2.24, 2.45) is 0 Å². The first-order valence-electron chi connectivity index (χ1n) is 6.47. The molecule has 0 saturated heterocycles. The van der Waals surface area contributed by atoms with Crippen molar-refractivity contribution in [3.63, 3.8) is 0 Å². The van der Waals surface area contributed by atoms with Crippen molar-refractivity contribution in [1.29, 1.82) is 0 Å². The van der Waals surface area contributed by atoms with Crippen LogP contribution in [0.15, 0.2) is 53.4 Å². The Balaban J connectivity index is 1.94. The van der Waals surface area contributed by atoms with Crippen LogP contribution in [0.25, 0.3) is 0 Å². The first-order chi connectivity index (χ1) is 11.3. The molecule has 0 aliphatic heterocycles. The van der Waals surface area contributed by atoms with E-state index in [1.54, 1.807) is 0 Å². The van der Waals surface area contributed by atoms with E-state index in [9.17, 15) is 27.2 Å². The number of anilines is 1. The van der Waals surface area contributed by atoms with Crippen molar-refractivity contribution in [2.75, 3.05) is 11.9 Å². The Hall–Kier alpha value is -3.01. The van der Waals surface area contributed by atoms with Crippen LogP contribution >= 0.6 is 0 Å². The fraction of sp³-hybridized carbons (Fsp3) is 0.0714. The summed E-state index contributed by atoms with van der Waals surface area (Å²) in [6, 6.07) is 9.79. The lowest BCUT2D eigenvalue weighted by molar-refractivity contribution is -0.384. The maximum absolute atomic E-state index is 12.7. The van der Waals surface area contributed by atoms with Crippen molar-refractivity contribution in [1.82, 2.24) is 0 Å². The average molecular weight is 354 g/mol. The van der Waals surface area contributed by atoms with Gasteiger partial charge in [-0.3, -0.25) is 14.9 Å². The predicted molar refractivity (Wildman–Crippen MR) is 82.0 cm³/mol. The molecule has 0 fully saturated rings. The third-order valence-electron chi connectivity index (χ3n) is 2.82. The Bertz CT molecular complexity index is 867. The molecule has 0 atom stereocenters. The molecule has 2 rings (SSSR count). The second-order valence-corrected chi connectivity index (χ2v) is 5.90. The lowest BCUT2D eigenvalue weighted by Crippen LogP contribution is -2.20. The number of carbonyl (C=O) groups excluding carboxylic acids is 1. The molecule has 126 valence electrons. The largest absolute Gasteiger partial charge is 0.484 e. The number of hydrogen-bond acceptors (Lipinski definition) is 6. The molecule has 10 heteroatoms. The summed E-state index contributed by atoms with van der Waals surface area (Å²) in [7, 11) is -4.80. The number of carbonyl (C=O) groups is 1. The average Bonchev–Trinajstić information content (AvgIpc) is 2.53. The van der Waals surface area contributed by atoms with Crippen LogP contribution in [0, 0.1) is 10.1 Å². The number of nitro groups is 1. The summed E-state index contributed by atoms with van der Waals surface area (Å²) in [5.41, 5.74) is 0.0750. The molecular weight excluding hydrogens is 343 g/mol. The van der Waals surface area contributed by atoms with Crippen molar-refractivity contribution < 1.29 is 26.8 Å². The molecule has 0 aliphatic rings. The molecule has 8 nitrogen and oxygen atoms in total. The highest BCUT2D eigenvalue weighted by Gasteiger charge is 2.12. The van der Waals surface area contributed by atoms with Crippen LogP contribution in [-0.2, 0) is 15.0 Å². The molecule has 2 aromatic carbocycles. The minimum absolute atomic E-state index is 0.151. The quantitative estimate of drug-likeness (QED) is 0.483. The molecule has 0 unspecified atom stereocenters. The smallest absolute Gasteiger partial charge is 0.332 e. The van der Waals surface area contributed by atoms with Crippen LogP contribution in [0.4, 0.5) is 15.3 Å². The van der Waals surface area contributed by atoms with E-state index in [1.807, 2.05) is 0 Å². The van der Waals surface area contributed by atoms with Gasteiger partial charge in [0.2, 0.25) is 0 Å². The molecule has 1 amide bonds. The van der Waals surface area contributed by atoms with E-state index >= 15 is 0 Å². The van der Waals surface area contributed by atoms with Gasteiger partial charge in [0, 0.05) is 11.8 Å². The molecular formula is C14H11FN2O6S. The van der Waals surface area contributed by atoms with Crippen LogP contribution < -0.4 is 10.1 Å². The number of nitro benzene ring substituents is 1. The first kappa shape index (κ1) is 17.3. The van der Waals surface area contributed by atoms with Gasteiger partial charge in [-0.1, -0.05) is 6.07 Å². The zero-order valence-corrected chi connectivity index (χ0v) is 12.8. The number of ether oxygens (including phenoxy) is 1. The summed E-state index contributed by atoms with van der Waals surface area (Å²) in [6.07, 6.45) is 0.